The molecule has 0 radical (unpaired) electrons. The van der Waals surface area contributed by atoms with E-state index in [0.29, 0.717) is 17.7 Å². The Morgan fingerprint density at radius 1 is 0.815 bits per heavy atom. The van der Waals surface area contributed by atoms with Crippen molar-refractivity contribution in [2.45, 2.75) is 6.92 Å². The number of pyridine rings is 1. The van der Waals surface area contributed by atoms with Crippen LogP contribution in [0.4, 0.5) is 11.4 Å². The van der Waals surface area contributed by atoms with E-state index in [1.54, 1.807) is 22.9 Å². The maximum Gasteiger partial charge on any atom is 0.259 e. The molecule has 0 aliphatic carbocycles. The van der Waals surface area contributed by atoms with Gasteiger partial charge in [0.15, 0.2) is 0 Å². The van der Waals surface area contributed by atoms with E-state index in [4.69, 9.17) is 0 Å². The van der Waals surface area contributed by atoms with Gasteiger partial charge in [-0.15, -0.1) is 0 Å². The molecule has 0 aliphatic heterocycles. The van der Waals surface area contributed by atoms with Gasteiger partial charge in [0.1, 0.15) is 0 Å². The maximum absolute atomic E-state index is 13.0. The molecule has 136 valence electrons. The number of para-hydroxylation sites is 2. The number of carbonyl (C=O) groups is 2. The Morgan fingerprint density at radius 2 is 1.33 bits per heavy atom. The number of nitrogens with zero attached hydrogens (tertiary/aromatic N) is 3. The van der Waals surface area contributed by atoms with E-state index in [-0.39, 0.29) is 11.8 Å². The molecule has 0 bridgehead atoms. The molecule has 0 fully saturated rings. The lowest BCUT2D eigenvalue weighted by Crippen LogP contribution is -2.31. The molecule has 2 amide bonds. The first-order valence-corrected chi connectivity index (χ1v) is 8.77. The summed E-state index contributed by atoms with van der Waals surface area (Å²) in [4.78, 5) is 33.1. The van der Waals surface area contributed by atoms with Crippen LogP contribution in [0.2, 0.25) is 0 Å². The Bertz CT molecular complexity index is 927. The fraction of sp³-hybridized carbons (Fsp3) is 0.136. The van der Waals surface area contributed by atoms with Gasteiger partial charge >= 0.3 is 0 Å². The number of anilines is 2. The molecule has 0 aliphatic rings. The van der Waals surface area contributed by atoms with Crippen LogP contribution in [-0.2, 0) is 0 Å². The molecule has 0 spiro atoms. The fourth-order valence-corrected chi connectivity index (χ4v) is 2.84. The lowest BCUT2D eigenvalue weighted by Gasteiger charge is -2.21. The molecule has 0 unspecified atom stereocenters. The molecule has 3 rings (SSSR count). The number of aromatic nitrogens is 1. The molecule has 0 N–H and O–H groups in total. The number of benzene rings is 2. The normalized spacial score (nSPS) is 10.3. The number of carbonyl (C=O) groups excluding carboxylic acids is 2. The van der Waals surface area contributed by atoms with Gasteiger partial charge in [-0.05, 0) is 37.3 Å². The second kappa shape index (κ2) is 8.27. The van der Waals surface area contributed by atoms with Crippen LogP contribution in [0.5, 0.6) is 0 Å². The van der Waals surface area contributed by atoms with Crippen molar-refractivity contribution < 1.29 is 9.59 Å². The third-order valence-electron chi connectivity index (χ3n) is 4.31. The highest BCUT2D eigenvalue weighted by molar-refractivity contribution is 6.09. The zero-order valence-corrected chi connectivity index (χ0v) is 15.4. The van der Waals surface area contributed by atoms with Crippen LogP contribution in [0.3, 0.4) is 0 Å². The number of hydrogen-bond acceptors (Lipinski definition) is 3. The summed E-state index contributed by atoms with van der Waals surface area (Å²) < 4.78 is 0. The number of hydrogen-bond donors (Lipinski definition) is 0. The molecular formula is C22H21N3O2. The van der Waals surface area contributed by atoms with Gasteiger partial charge in [-0.3, -0.25) is 14.6 Å². The summed E-state index contributed by atoms with van der Waals surface area (Å²) in [7, 11) is 1.70. The van der Waals surface area contributed by atoms with Crippen molar-refractivity contribution in [3.8, 4) is 0 Å². The van der Waals surface area contributed by atoms with Crippen molar-refractivity contribution in [1.29, 1.82) is 0 Å². The summed E-state index contributed by atoms with van der Waals surface area (Å²) >= 11 is 0. The first-order chi connectivity index (χ1) is 13.1. The minimum atomic E-state index is -0.217. The van der Waals surface area contributed by atoms with Gasteiger partial charge in [-0.25, -0.2) is 0 Å². The molecule has 5 heteroatoms. The van der Waals surface area contributed by atoms with Gasteiger partial charge in [0, 0.05) is 37.4 Å². The molecule has 2 aromatic carbocycles. The van der Waals surface area contributed by atoms with E-state index in [1.165, 1.54) is 12.4 Å². The summed E-state index contributed by atoms with van der Waals surface area (Å²) in [6.45, 7) is 2.43. The maximum atomic E-state index is 13.0. The molecule has 1 heterocycles. The first-order valence-electron chi connectivity index (χ1n) is 8.77. The third-order valence-corrected chi connectivity index (χ3v) is 4.31. The molecular weight excluding hydrogens is 338 g/mol. The van der Waals surface area contributed by atoms with E-state index in [1.807, 2.05) is 67.6 Å². The quantitative estimate of drug-likeness (QED) is 0.691. The zero-order chi connectivity index (χ0) is 19.2. The van der Waals surface area contributed by atoms with Crippen molar-refractivity contribution in [3.63, 3.8) is 0 Å². The molecule has 27 heavy (non-hydrogen) atoms. The van der Waals surface area contributed by atoms with Crippen molar-refractivity contribution in [3.05, 3.63) is 90.3 Å². The predicted octanol–water partition coefficient (Wildman–Crippen LogP) is 4.02. The van der Waals surface area contributed by atoms with Crippen molar-refractivity contribution in [1.82, 2.24) is 4.98 Å². The Kier molecular flexibility index (Phi) is 5.61. The largest absolute Gasteiger partial charge is 0.311 e. The van der Waals surface area contributed by atoms with E-state index in [9.17, 15) is 9.59 Å². The van der Waals surface area contributed by atoms with Crippen LogP contribution in [0.15, 0.2) is 79.1 Å². The Balaban J connectivity index is 1.86. The highest BCUT2D eigenvalue weighted by Gasteiger charge is 2.19. The van der Waals surface area contributed by atoms with E-state index < -0.39 is 0 Å². The lowest BCUT2D eigenvalue weighted by atomic mass is 10.1. The van der Waals surface area contributed by atoms with Gasteiger partial charge in [-0.2, -0.15) is 0 Å². The van der Waals surface area contributed by atoms with Gasteiger partial charge in [0.2, 0.25) is 0 Å². The van der Waals surface area contributed by atoms with Crippen LogP contribution < -0.4 is 9.80 Å². The second-order valence-electron chi connectivity index (χ2n) is 6.05. The topological polar surface area (TPSA) is 53.5 Å². The molecule has 1 aromatic heterocycles. The Morgan fingerprint density at radius 3 is 1.89 bits per heavy atom. The smallest absolute Gasteiger partial charge is 0.259 e. The van der Waals surface area contributed by atoms with Crippen molar-refractivity contribution in [2.75, 3.05) is 23.4 Å². The Labute approximate surface area is 158 Å². The van der Waals surface area contributed by atoms with Gasteiger partial charge in [-0.1, -0.05) is 36.4 Å². The molecule has 0 saturated heterocycles. The number of amides is 2. The highest BCUT2D eigenvalue weighted by Crippen LogP contribution is 2.18. The summed E-state index contributed by atoms with van der Waals surface area (Å²) in [5.74, 6) is -0.403. The molecule has 0 atom stereocenters. The van der Waals surface area contributed by atoms with Crippen LogP contribution in [0, 0.1) is 0 Å². The van der Waals surface area contributed by atoms with Crippen LogP contribution >= 0.6 is 0 Å². The average Bonchev–Trinajstić information content (AvgIpc) is 2.74. The third kappa shape index (κ3) is 4.03. The van der Waals surface area contributed by atoms with Gasteiger partial charge in [0.05, 0.1) is 11.1 Å². The average molecular weight is 359 g/mol. The SMILES string of the molecule is CCN(C(=O)c1cncc(C(=O)N(C)c2ccccc2)c1)c1ccccc1. The summed E-state index contributed by atoms with van der Waals surface area (Å²) in [6.07, 6.45) is 2.98. The van der Waals surface area contributed by atoms with Gasteiger partial charge < -0.3 is 9.80 Å². The summed E-state index contributed by atoms with van der Waals surface area (Å²) in [5, 5.41) is 0. The zero-order valence-electron chi connectivity index (χ0n) is 15.4. The summed E-state index contributed by atoms with van der Waals surface area (Å²) in [6, 6.07) is 20.4. The van der Waals surface area contributed by atoms with Crippen LogP contribution in [-0.4, -0.2) is 30.4 Å². The first kappa shape index (κ1) is 18.3. The van der Waals surface area contributed by atoms with Crippen LogP contribution in [0.1, 0.15) is 27.6 Å². The van der Waals surface area contributed by atoms with E-state index in [0.717, 1.165) is 11.4 Å². The van der Waals surface area contributed by atoms with Gasteiger partial charge in [0.25, 0.3) is 11.8 Å². The van der Waals surface area contributed by atoms with Crippen LogP contribution in [0.25, 0.3) is 0 Å². The second-order valence-corrected chi connectivity index (χ2v) is 6.05. The lowest BCUT2D eigenvalue weighted by molar-refractivity contribution is 0.0988. The van der Waals surface area contributed by atoms with E-state index >= 15 is 0 Å². The van der Waals surface area contributed by atoms with Crippen molar-refractivity contribution in [2.24, 2.45) is 0 Å². The number of rotatable bonds is 5. The van der Waals surface area contributed by atoms with Crippen molar-refractivity contribution >= 4 is 23.2 Å². The minimum absolute atomic E-state index is 0.187. The standard InChI is InChI=1S/C22H21N3O2/c1-3-25(20-12-8-5-9-13-20)22(27)18-14-17(15-23-16-18)21(26)24(2)19-10-6-4-7-11-19/h4-16H,3H2,1-2H3. The molecule has 3 aromatic rings. The summed E-state index contributed by atoms with van der Waals surface area (Å²) in [5.41, 5.74) is 2.34. The molecule has 5 nitrogen and oxygen atoms in total. The molecule has 0 saturated carbocycles. The monoisotopic (exact) mass is 359 g/mol. The Hall–Kier alpha value is -3.47. The minimum Gasteiger partial charge on any atom is -0.311 e. The predicted molar refractivity (Wildman–Crippen MR) is 107 cm³/mol. The fourth-order valence-electron chi connectivity index (χ4n) is 2.84. The van der Waals surface area contributed by atoms with E-state index in [2.05, 4.69) is 4.98 Å². The highest BCUT2D eigenvalue weighted by atomic mass is 16.2.